The number of aromatic nitrogens is 2. The van der Waals surface area contributed by atoms with Gasteiger partial charge in [-0.15, -0.1) is 0 Å². The van der Waals surface area contributed by atoms with Gasteiger partial charge < -0.3 is 14.6 Å². The van der Waals surface area contributed by atoms with E-state index in [2.05, 4.69) is 64.8 Å². The molecule has 0 radical (unpaired) electrons. The fraction of sp³-hybridized carbons (Fsp3) is 0.371. The molecule has 0 spiro atoms. The lowest BCUT2D eigenvalue weighted by molar-refractivity contribution is 0.112. The van der Waals surface area contributed by atoms with Crippen LogP contribution in [0.5, 0.6) is 11.5 Å². The van der Waals surface area contributed by atoms with E-state index in [1.807, 2.05) is 37.3 Å². The molecule has 2 aliphatic rings. The van der Waals surface area contributed by atoms with Gasteiger partial charge in [-0.3, -0.25) is 9.69 Å². The number of H-pyrrole nitrogens is 1. The van der Waals surface area contributed by atoms with Crippen LogP contribution >= 0.6 is 0 Å². The predicted octanol–water partition coefficient (Wildman–Crippen LogP) is 7.57. The first-order valence-electron chi connectivity index (χ1n) is 14.7. The molecule has 1 N–H and O–H groups in total. The SMILES string of the molecule is Cc1ccc(C2=C(CN3CCN(c4ccc(C=O)c(Oc5cnc6[nH]c(C)cc6c5)c4)CC3)CCC(C)(C)C2)cc1. The molecule has 3 heterocycles. The van der Waals surface area contributed by atoms with Crippen molar-refractivity contribution in [2.24, 2.45) is 5.41 Å². The van der Waals surface area contributed by atoms with Crippen molar-refractivity contribution in [3.8, 4) is 11.5 Å². The van der Waals surface area contributed by atoms with E-state index in [-0.39, 0.29) is 0 Å². The van der Waals surface area contributed by atoms with Crippen molar-refractivity contribution in [1.29, 1.82) is 0 Å². The van der Waals surface area contributed by atoms with Gasteiger partial charge in [0.2, 0.25) is 0 Å². The summed E-state index contributed by atoms with van der Waals surface area (Å²) in [6.45, 7) is 13.9. The van der Waals surface area contributed by atoms with E-state index in [0.29, 0.717) is 22.5 Å². The number of aryl methyl sites for hydroxylation is 2. The van der Waals surface area contributed by atoms with Crippen LogP contribution < -0.4 is 9.64 Å². The first kappa shape index (κ1) is 27.3. The number of nitrogens with one attached hydrogen (secondary N) is 1. The molecule has 0 amide bonds. The number of fused-ring (bicyclic) bond motifs is 1. The van der Waals surface area contributed by atoms with Crippen LogP contribution in [0.15, 0.2) is 66.4 Å². The van der Waals surface area contributed by atoms with Crippen molar-refractivity contribution in [3.63, 3.8) is 0 Å². The summed E-state index contributed by atoms with van der Waals surface area (Å²) in [4.78, 5) is 24.5. The highest BCUT2D eigenvalue weighted by Gasteiger charge is 2.29. The summed E-state index contributed by atoms with van der Waals surface area (Å²) in [5, 5.41) is 0.988. The van der Waals surface area contributed by atoms with Gasteiger partial charge in [-0.2, -0.15) is 0 Å². The molecule has 0 unspecified atom stereocenters. The van der Waals surface area contributed by atoms with E-state index in [0.717, 1.165) is 67.8 Å². The zero-order valence-electron chi connectivity index (χ0n) is 24.7. The standard InChI is InChI=1S/C35H40N4O2/c1-24-5-7-26(8-6-24)32-20-35(3,4)12-11-27(32)22-38-13-15-39(16-14-38)30-10-9-28(23-40)33(19-30)41-31-18-29-17-25(2)37-34(29)36-21-31/h5-10,17-19,21,23H,11-16,20,22H2,1-4H3,(H,36,37). The van der Waals surface area contributed by atoms with Gasteiger partial charge in [0.05, 0.1) is 11.8 Å². The maximum absolute atomic E-state index is 11.8. The topological polar surface area (TPSA) is 61.5 Å². The molecular formula is C35H40N4O2. The third kappa shape index (κ3) is 6.08. The third-order valence-electron chi connectivity index (χ3n) is 8.67. The van der Waals surface area contributed by atoms with Crippen LogP contribution in [0.3, 0.4) is 0 Å². The number of aromatic amines is 1. The van der Waals surface area contributed by atoms with Crippen LogP contribution in [0.4, 0.5) is 5.69 Å². The minimum atomic E-state index is 0.346. The Kier molecular flexibility index (Phi) is 7.43. The second-order valence-corrected chi connectivity index (χ2v) is 12.6. The monoisotopic (exact) mass is 548 g/mol. The number of anilines is 1. The molecule has 41 heavy (non-hydrogen) atoms. The Balaban J connectivity index is 1.15. The molecule has 6 heteroatoms. The van der Waals surface area contributed by atoms with Crippen LogP contribution in [0, 0.1) is 19.3 Å². The van der Waals surface area contributed by atoms with Crippen molar-refractivity contribution in [2.75, 3.05) is 37.6 Å². The van der Waals surface area contributed by atoms with Crippen molar-refractivity contribution < 1.29 is 9.53 Å². The van der Waals surface area contributed by atoms with Gasteiger partial charge in [0.1, 0.15) is 17.1 Å². The normalized spacial score (nSPS) is 17.7. The maximum Gasteiger partial charge on any atom is 0.153 e. The van der Waals surface area contributed by atoms with Gasteiger partial charge in [-0.1, -0.05) is 49.2 Å². The summed E-state index contributed by atoms with van der Waals surface area (Å²) >= 11 is 0. The largest absolute Gasteiger partial charge is 0.455 e. The molecule has 212 valence electrons. The van der Waals surface area contributed by atoms with Crippen LogP contribution in [0.25, 0.3) is 16.6 Å². The number of rotatable bonds is 7. The number of aldehydes is 1. The molecule has 1 saturated heterocycles. The highest BCUT2D eigenvalue weighted by atomic mass is 16.5. The zero-order valence-corrected chi connectivity index (χ0v) is 24.7. The number of hydrogen-bond acceptors (Lipinski definition) is 5. The average Bonchev–Trinajstić information content (AvgIpc) is 3.34. The Hall–Kier alpha value is -3.90. The minimum Gasteiger partial charge on any atom is -0.455 e. The van der Waals surface area contributed by atoms with E-state index in [4.69, 9.17) is 4.74 Å². The van der Waals surface area contributed by atoms with Crippen molar-refractivity contribution in [2.45, 2.75) is 47.0 Å². The Morgan fingerprint density at radius 3 is 2.54 bits per heavy atom. The summed E-state index contributed by atoms with van der Waals surface area (Å²) in [6, 6.07) is 19.0. The van der Waals surface area contributed by atoms with Crippen LogP contribution in [0.2, 0.25) is 0 Å². The lowest BCUT2D eigenvalue weighted by Crippen LogP contribution is -2.47. The molecule has 1 fully saturated rings. The number of benzene rings is 2. The van der Waals surface area contributed by atoms with Crippen LogP contribution in [-0.4, -0.2) is 53.9 Å². The number of allylic oxidation sites excluding steroid dienone is 1. The highest BCUT2D eigenvalue weighted by Crippen LogP contribution is 2.43. The Morgan fingerprint density at radius 1 is 1.00 bits per heavy atom. The lowest BCUT2D eigenvalue weighted by Gasteiger charge is -2.39. The number of piperazine rings is 1. The summed E-state index contributed by atoms with van der Waals surface area (Å²) in [5.41, 5.74) is 9.70. The molecule has 6 nitrogen and oxygen atoms in total. The van der Waals surface area contributed by atoms with Gasteiger partial charge in [0.25, 0.3) is 0 Å². The smallest absolute Gasteiger partial charge is 0.153 e. The number of carbonyl (C=O) groups is 1. The van der Waals surface area contributed by atoms with Crippen molar-refractivity contribution in [3.05, 3.63) is 88.8 Å². The molecule has 1 aliphatic heterocycles. The second-order valence-electron chi connectivity index (χ2n) is 12.6. The van der Waals surface area contributed by atoms with Gasteiger partial charge in [0, 0.05) is 55.6 Å². The summed E-state index contributed by atoms with van der Waals surface area (Å²) in [6.07, 6.45) is 6.12. The number of hydrogen-bond donors (Lipinski definition) is 1. The number of ether oxygens (including phenoxy) is 1. The molecular weight excluding hydrogens is 508 g/mol. The Labute approximate surface area is 243 Å². The van der Waals surface area contributed by atoms with Crippen molar-refractivity contribution >= 4 is 28.6 Å². The van der Waals surface area contributed by atoms with Gasteiger partial charge in [-0.05, 0) is 73.9 Å². The van der Waals surface area contributed by atoms with E-state index in [1.54, 1.807) is 17.3 Å². The summed E-state index contributed by atoms with van der Waals surface area (Å²) in [7, 11) is 0. The lowest BCUT2D eigenvalue weighted by atomic mass is 9.72. The van der Waals surface area contributed by atoms with E-state index < -0.39 is 0 Å². The first-order valence-corrected chi connectivity index (χ1v) is 14.7. The van der Waals surface area contributed by atoms with Crippen LogP contribution in [-0.2, 0) is 0 Å². The van der Waals surface area contributed by atoms with Crippen LogP contribution in [0.1, 0.15) is 60.3 Å². The summed E-state index contributed by atoms with van der Waals surface area (Å²) < 4.78 is 6.20. The number of pyridine rings is 1. The van der Waals surface area contributed by atoms with E-state index in [1.165, 1.54) is 24.0 Å². The van der Waals surface area contributed by atoms with E-state index in [9.17, 15) is 4.79 Å². The number of carbonyl (C=O) groups excluding carboxylic acids is 1. The average molecular weight is 549 g/mol. The molecule has 4 aromatic rings. The highest BCUT2D eigenvalue weighted by molar-refractivity contribution is 5.82. The molecule has 0 saturated carbocycles. The molecule has 6 rings (SSSR count). The second kappa shape index (κ2) is 11.2. The predicted molar refractivity (Wildman–Crippen MR) is 167 cm³/mol. The number of nitrogens with zero attached hydrogens (tertiary/aromatic N) is 3. The zero-order chi connectivity index (χ0) is 28.6. The van der Waals surface area contributed by atoms with Gasteiger partial charge >= 0.3 is 0 Å². The van der Waals surface area contributed by atoms with Gasteiger partial charge in [0.15, 0.2) is 6.29 Å². The quantitative estimate of drug-likeness (QED) is 0.241. The molecule has 2 aromatic heterocycles. The molecule has 0 atom stereocenters. The minimum absolute atomic E-state index is 0.346. The molecule has 2 aromatic carbocycles. The van der Waals surface area contributed by atoms with Gasteiger partial charge in [-0.25, -0.2) is 4.98 Å². The maximum atomic E-state index is 11.8. The third-order valence-corrected chi connectivity index (χ3v) is 8.67. The fourth-order valence-electron chi connectivity index (χ4n) is 6.22. The summed E-state index contributed by atoms with van der Waals surface area (Å²) in [5.74, 6) is 1.18. The fourth-order valence-corrected chi connectivity index (χ4v) is 6.22. The Morgan fingerprint density at radius 2 is 1.78 bits per heavy atom. The Bertz CT molecular complexity index is 1590. The molecule has 1 aliphatic carbocycles. The molecule has 0 bridgehead atoms. The van der Waals surface area contributed by atoms with Crippen molar-refractivity contribution in [1.82, 2.24) is 14.9 Å². The first-order chi connectivity index (χ1) is 19.8. The van der Waals surface area contributed by atoms with E-state index >= 15 is 0 Å².